The fraction of sp³-hybridized carbons (Fsp3) is 0.0667. The molecule has 6 heteroatoms. The van der Waals surface area contributed by atoms with Gasteiger partial charge in [-0.2, -0.15) is 5.26 Å². The summed E-state index contributed by atoms with van der Waals surface area (Å²) in [6.45, 7) is 0. The Morgan fingerprint density at radius 2 is 1.90 bits per heavy atom. The second-order valence-corrected chi connectivity index (χ2v) is 4.08. The van der Waals surface area contributed by atoms with Gasteiger partial charge in [-0.3, -0.25) is 4.79 Å². The van der Waals surface area contributed by atoms with Crippen LogP contribution in [0.2, 0.25) is 0 Å². The second kappa shape index (κ2) is 6.01. The second-order valence-electron chi connectivity index (χ2n) is 4.08. The zero-order chi connectivity index (χ0) is 15.4. The third kappa shape index (κ3) is 2.98. The number of carbonyl (C=O) groups is 1. The van der Waals surface area contributed by atoms with Crippen LogP contribution in [0, 0.1) is 23.0 Å². The minimum Gasteiger partial charge on any atom is -0.495 e. The topological polar surface area (TPSA) is 62.1 Å². The Hall–Kier alpha value is -2.94. The number of amides is 1. The fourth-order valence-corrected chi connectivity index (χ4v) is 1.76. The van der Waals surface area contributed by atoms with Crippen molar-refractivity contribution in [3.8, 4) is 11.8 Å². The fourth-order valence-electron chi connectivity index (χ4n) is 1.76. The van der Waals surface area contributed by atoms with Gasteiger partial charge in [0, 0.05) is 6.07 Å². The van der Waals surface area contributed by atoms with E-state index in [4.69, 9.17) is 10.00 Å². The lowest BCUT2D eigenvalue weighted by Crippen LogP contribution is -2.16. The third-order valence-electron chi connectivity index (χ3n) is 2.77. The van der Waals surface area contributed by atoms with Crippen LogP contribution in [0.15, 0.2) is 36.4 Å². The number of benzene rings is 2. The predicted molar refractivity (Wildman–Crippen MR) is 72.0 cm³/mol. The minimum atomic E-state index is -0.958. The molecule has 0 aliphatic rings. The standard InChI is InChI=1S/C15H10F2N2O2/c1-21-13-7-9(8-18)5-6-12(13)19-15(20)14-10(16)3-2-4-11(14)17/h2-7H,1H3,(H,19,20). The summed E-state index contributed by atoms with van der Waals surface area (Å²) in [5, 5.41) is 11.1. The average molecular weight is 288 g/mol. The highest BCUT2D eigenvalue weighted by Crippen LogP contribution is 2.26. The summed E-state index contributed by atoms with van der Waals surface area (Å²) < 4.78 is 32.1. The maximum atomic E-state index is 13.5. The van der Waals surface area contributed by atoms with Crippen LogP contribution >= 0.6 is 0 Å². The monoisotopic (exact) mass is 288 g/mol. The van der Waals surface area contributed by atoms with Gasteiger partial charge in [-0.1, -0.05) is 6.07 Å². The van der Waals surface area contributed by atoms with E-state index in [1.807, 2.05) is 6.07 Å². The van der Waals surface area contributed by atoms with Gasteiger partial charge < -0.3 is 10.1 Å². The molecule has 0 unspecified atom stereocenters. The number of nitriles is 1. The van der Waals surface area contributed by atoms with E-state index < -0.39 is 23.1 Å². The molecule has 106 valence electrons. The number of rotatable bonds is 3. The molecule has 0 heterocycles. The largest absolute Gasteiger partial charge is 0.495 e. The highest BCUT2D eigenvalue weighted by molar-refractivity contribution is 6.05. The molecule has 0 aliphatic carbocycles. The Morgan fingerprint density at radius 3 is 2.48 bits per heavy atom. The number of nitrogens with zero attached hydrogens (tertiary/aromatic N) is 1. The molecule has 1 amide bonds. The van der Waals surface area contributed by atoms with E-state index in [9.17, 15) is 13.6 Å². The van der Waals surface area contributed by atoms with E-state index in [0.29, 0.717) is 5.56 Å². The van der Waals surface area contributed by atoms with Crippen LogP contribution in [0.5, 0.6) is 5.75 Å². The van der Waals surface area contributed by atoms with Crippen molar-refractivity contribution in [1.29, 1.82) is 5.26 Å². The number of ether oxygens (including phenoxy) is 1. The van der Waals surface area contributed by atoms with Crippen molar-refractivity contribution in [3.63, 3.8) is 0 Å². The smallest absolute Gasteiger partial charge is 0.261 e. The van der Waals surface area contributed by atoms with E-state index in [0.717, 1.165) is 12.1 Å². The van der Waals surface area contributed by atoms with Crippen LogP contribution in [-0.4, -0.2) is 13.0 Å². The molecule has 2 rings (SSSR count). The van der Waals surface area contributed by atoms with E-state index in [1.54, 1.807) is 0 Å². The molecule has 0 radical (unpaired) electrons. The van der Waals surface area contributed by atoms with Crippen molar-refractivity contribution in [3.05, 3.63) is 59.2 Å². The van der Waals surface area contributed by atoms with Crippen molar-refractivity contribution in [2.24, 2.45) is 0 Å². The molecule has 0 aliphatic heterocycles. The molecule has 0 aromatic heterocycles. The molecule has 2 aromatic rings. The van der Waals surface area contributed by atoms with Crippen LogP contribution in [0.3, 0.4) is 0 Å². The number of nitrogens with one attached hydrogen (secondary N) is 1. The van der Waals surface area contributed by atoms with E-state index in [1.165, 1.54) is 31.4 Å². The number of anilines is 1. The molecule has 0 atom stereocenters. The van der Waals surface area contributed by atoms with Crippen molar-refractivity contribution >= 4 is 11.6 Å². The molecule has 1 N–H and O–H groups in total. The Labute approximate surface area is 119 Å². The van der Waals surface area contributed by atoms with Gasteiger partial charge in [-0.05, 0) is 24.3 Å². The normalized spacial score (nSPS) is 9.81. The third-order valence-corrected chi connectivity index (χ3v) is 2.77. The number of hydrogen-bond donors (Lipinski definition) is 1. The molecule has 21 heavy (non-hydrogen) atoms. The lowest BCUT2D eigenvalue weighted by molar-refractivity contribution is 0.101. The van der Waals surface area contributed by atoms with Gasteiger partial charge in [0.05, 0.1) is 24.4 Å². The lowest BCUT2D eigenvalue weighted by Gasteiger charge is -2.11. The van der Waals surface area contributed by atoms with Crippen LogP contribution in [0.1, 0.15) is 15.9 Å². The molecule has 0 spiro atoms. The van der Waals surface area contributed by atoms with E-state index in [2.05, 4.69) is 5.32 Å². The maximum absolute atomic E-state index is 13.5. The molecule has 0 fully saturated rings. The van der Waals surface area contributed by atoms with Crippen LogP contribution in [0.25, 0.3) is 0 Å². The first kappa shape index (κ1) is 14.5. The summed E-state index contributed by atoms with van der Waals surface area (Å²) in [5.74, 6) is -2.63. The van der Waals surface area contributed by atoms with E-state index >= 15 is 0 Å². The molecule has 2 aromatic carbocycles. The SMILES string of the molecule is COc1cc(C#N)ccc1NC(=O)c1c(F)cccc1F. The molecule has 0 bridgehead atoms. The minimum absolute atomic E-state index is 0.212. The Kier molecular flexibility index (Phi) is 4.14. The summed E-state index contributed by atoms with van der Waals surface area (Å²) in [4.78, 5) is 12.0. The van der Waals surface area contributed by atoms with Crippen LogP contribution in [-0.2, 0) is 0 Å². The van der Waals surface area contributed by atoms with E-state index in [-0.39, 0.29) is 11.4 Å². The van der Waals surface area contributed by atoms with Crippen molar-refractivity contribution in [2.45, 2.75) is 0 Å². The summed E-state index contributed by atoms with van der Waals surface area (Å²) in [5.41, 5.74) is -0.130. The summed E-state index contributed by atoms with van der Waals surface area (Å²) in [6, 6.07) is 9.37. The van der Waals surface area contributed by atoms with Gasteiger partial charge >= 0.3 is 0 Å². The first-order valence-corrected chi connectivity index (χ1v) is 5.90. The number of carbonyl (C=O) groups excluding carboxylic acids is 1. The quantitative estimate of drug-likeness (QED) is 0.944. The number of methoxy groups -OCH3 is 1. The molecular weight excluding hydrogens is 278 g/mol. The van der Waals surface area contributed by atoms with Crippen molar-refractivity contribution in [1.82, 2.24) is 0 Å². The highest BCUT2D eigenvalue weighted by Gasteiger charge is 2.18. The Bertz CT molecular complexity index is 719. The van der Waals surface area contributed by atoms with Gasteiger partial charge in [0.2, 0.25) is 0 Å². The summed E-state index contributed by atoms with van der Waals surface area (Å²) in [6.07, 6.45) is 0. The maximum Gasteiger partial charge on any atom is 0.261 e. The number of halogens is 2. The Morgan fingerprint density at radius 1 is 1.24 bits per heavy atom. The van der Waals surface area contributed by atoms with Crippen LogP contribution < -0.4 is 10.1 Å². The lowest BCUT2D eigenvalue weighted by atomic mass is 10.1. The molecule has 4 nitrogen and oxygen atoms in total. The average Bonchev–Trinajstić information content (AvgIpc) is 2.47. The molecule has 0 saturated carbocycles. The first-order valence-electron chi connectivity index (χ1n) is 5.90. The van der Waals surface area contributed by atoms with Crippen molar-refractivity contribution < 1.29 is 18.3 Å². The van der Waals surface area contributed by atoms with Crippen LogP contribution in [0.4, 0.5) is 14.5 Å². The zero-order valence-electron chi connectivity index (χ0n) is 11.0. The summed E-state index contributed by atoms with van der Waals surface area (Å²) in [7, 11) is 1.36. The van der Waals surface area contributed by atoms with Gasteiger partial charge in [0.15, 0.2) is 0 Å². The Balaban J connectivity index is 2.34. The zero-order valence-corrected chi connectivity index (χ0v) is 11.0. The van der Waals surface area contributed by atoms with Gasteiger partial charge in [0.25, 0.3) is 5.91 Å². The molecule has 0 saturated heterocycles. The van der Waals surface area contributed by atoms with Gasteiger partial charge in [-0.25, -0.2) is 8.78 Å². The summed E-state index contributed by atoms with van der Waals surface area (Å²) >= 11 is 0. The van der Waals surface area contributed by atoms with Gasteiger partial charge in [-0.15, -0.1) is 0 Å². The predicted octanol–water partition coefficient (Wildman–Crippen LogP) is 3.10. The highest BCUT2D eigenvalue weighted by atomic mass is 19.1. The van der Waals surface area contributed by atoms with Gasteiger partial charge in [0.1, 0.15) is 22.9 Å². The first-order chi connectivity index (χ1) is 10.1. The molecular formula is C15H10F2N2O2. The number of hydrogen-bond acceptors (Lipinski definition) is 3. The van der Waals surface area contributed by atoms with Crippen molar-refractivity contribution in [2.75, 3.05) is 12.4 Å².